The van der Waals surface area contributed by atoms with Gasteiger partial charge in [0.05, 0.1) is 14.2 Å². The van der Waals surface area contributed by atoms with Crippen molar-refractivity contribution in [3.05, 3.63) is 32.6 Å². The third kappa shape index (κ3) is 5.39. The van der Waals surface area contributed by atoms with Crippen LogP contribution in [0.15, 0.2) is 15.7 Å². The highest BCUT2D eigenvalue weighted by Gasteiger charge is 2.10. The molecule has 0 aliphatic carbocycles. The molecule has 8 nitrogen and oxygen atoms in total. The summed E-state index contributed by atoms with van der Waals surface area (Å²) in [5.41, 5.74) is -0.305. The molecular formula is C15H22N2O6. The van der Waals surface area contributed by atoms with Crippen LogP contribution in [0.3, 0.4) is 0 Å². The molecule has 0 radical (unpaired) electrons. The van der Waals surface area contributed by atoms with Crippen LogP contribution in [0.5, 0.6) is 0 Å². The fraction of sp³-hybridized carbons (Fsp3) is 0.600. The Hall–Kier alpha value is -2.38. The predicted octanol–water partition coefficient (Wildman–Crippen LogP) is 0.225. The minimum atomic E-state index is -0.440. The lowest BCUT2D eigenvalue weighted by molar-refractivity contribution is -0.141. The number of aromatic nitrogens is 2. The first-order valence-electron chi connectivity index (χ1n) is 7.35. The Bertz CT molecular complexity index is 674. The highest BCUT2D eigenvalue weighted by atomic mass is 16.5. The average Bonchev–Trinajstić information content (AvgIpc) is 2.52. The van der Waals surface area contributed by atoms with Gasteiger partial charge >= 0.3 is 17.6 Å². The smallest absolute Gasteiger partial charge is 0.331 e. The van der Waals surface area contributed by atoms with Crippen LogP contribution in [0.4, 0.5) is 0 Å². The van der Waals surface area contributed by atoms with Crippen molar-refractivity contribution >= 4 is 11.9 Å². The number of methoxy groups -OCH3 is 2. The van der Waals surface area contributed by atoms with E-state index in [0.717, 1.165) is 4.57 Å². The van der Waals surface area contributed by atoms with Gasteiger partial charge in [0.15, 0.2) is 0 Å². The van der Waals surface area contributed by atoms with Gasteiger partial charge in [0, 0.05) is 37.7 Å². The molecule has 1 rings (SSSR count). The molecule has 0 saturated heterocycles. The third-order valence-corrected chi connectivity index (χ3v) is 3.47. The van der Waals surface area contributed by atoms with Crippen molar-refractivity contribution in [3.8, 4) is 0 Å². The monoisotopic (exact) mass is 326 g/mol. The molecule has 0 aliphatic rings. The van der Waals surface area contributed by atoms with Crippen LogP contribution in [-0.2, 0) is 32.2 Å². The number of aryl methyl sites for hydroxylation is 1. The van der Waals surface area contributed by atoms with Crippen molar-refractivity contribution in [1.82, 2.24) is 9.13 Å². The number of hydrogen-bond acceptors (Lipinski definition) is 6. The predicted molar refractivity (Wildman–Crippen MR) is 82.2 cm³/mol. The molecule has 8 heteroatoms. The zero-order chi connectivity index (χ0) is 17.4. The van der Waals surface area contributed by atoms with Crippen molar-refractivity contribution in [3.63, 3.8) is 0 Å². The first kappa shape index (κ1) is 18.7. The number of hydrogen-bond donors (Lipinski definition) is 0. The van der Waals surface area contributed by atoms with Gasteiger partial charge in [-0.05, 0) is 19.8 Å². The summed E-state index contributed by atoms with van der Waals surface area (Å²) in [5.74, 6) is -0.731. The second-order valence-electron chi connectivity index (χ2n) is 5.07. The summed E-state index contributed by atoms with van der Waals surface area (Å²) in [5, 5.41) is 0. The number of nitrogens with zero attached hydrogens (tertiary/aromatic N) is 2. The topological polar surface area (TPSA) is 96.6 Å². The zero-order valence-electron chi connectivity index (χ0n) is 13.7. The molecule has 128 valence electrons. The van der Waals surface area contributed by atoms with E-state index in [4.69, 9.17) is 0 Å². The molecular weight excluding hydrogens is 304 g/mol. The molecule has 0 unspecified atom stereocenters. The summed E-state index contributed by atoms with van der Waals surface area (Å²) in [6, 6.07) is 1.37. The average molecular weight is 326 g/mol. The van der Waals surface area contributed by atoms with Crippen LogP contribution in [0.1, 0.15) is 31.4 Å². The lowest BCUT2D eigenvalue weighted by Crippen LogP contribution is -2.40. The Balaban J connectivity index is 2.85. The molecule has 0 aromatic carbocycles. The van der Waals surface area contributed by atoms with Crippen molar-refractivity contribution in [2.75, 3.05) is 14.2 Å². The Morgan fingerprint density at radius 2 is 1.43 bits per heavy atom. The lowest BCUT2D eigenvalue weighted by Gasteiger charge is -2.12. The van der Waals surface area contributed by atoms with E-state index in [9.17, 15) is 19.2 Å². The fourth-order valence-corrected chi connectivity index (χ4v) is 2.17. The van der Waals surface area contributed by atoms with Gasteiger partial charge < -0.3 is 9.47 Å². The number of rotatable bonds is 8. The molecule has 0 fully saturated rings. The van der Waals surface area contributed by atoms with E-state index in [-0.39, 0.29) is 31.3 Å². The molecule has 0 bridgehead atoms. The van der Waals surface area contributed by atoms with E-state index in [0.29, 0.717) is 25.1 Å². The van der Waals surface area contributed by atoms with Crippen LogP contribution >= 0.6 is 0 Å². The standard InChI is InChI=1S/C15H22N2O6/c1-11-10-12(18)17(9-5-7-14(20)23-3)15(21)16(11)8-4-6-13(19)22-2/h10H,4-9H2,1-3H3. The lowest BCUT2D eigenvalue weighted by atomic mass is 10.3. The highest BCUT2D eigenvalue weighted by molar-refractivity contribution is 5.69. The van der Waals surface area contributed by atoms with Crippen LogP contribution in [0.25, 0.3) is 0 Å². The normalized spacial score (nSPS) is 10.4. The Kier molecular flexibility index (Phi) is 7.24. The first-order chi connectivity index (χ1) is 10.9. The van der Waals surface area contributed by atoms with Crippen LogP contribution in [-0.4, -0.2) is 35.3 Å². The van der Waals surface area contributed by atoms with Crippen LogP contribution in [0.2, 0.25) is 0 Å². The van der Waals surface area contributed by atoms with Gasteiger partial charge in [-0.25, -0.2) is 4.79 Å². The first-order valence-corrected chi connectivity index (χ1v) is 7.35. The van der Waals surface area contributed by atoms with E-state index in [1.807, 2.05) is 0 Å². The SMILES string of the molecule is COC(=O)CCCn1c(C)cc(=O)n(CCCC(=O)OC)c1=O. The van der Waals surface area contributed by atoms with Gasteiger partial charge in [0.1, 0.15) is 0 Å². The van der Waals surface area contributed by atoms with E-state index in [2.05, 4.69) is 9.47 Å². The highest BCUT2D eigenvalue weighted by Crippen LogP contribution is 1.99. The minimum absolute atomic E-state index is 0.137. The molecule has 1 aromatic rings. The van der Waals surface area contributed by atoms with Gasteiger partial charge in [0.25, 0.3) is 5.56 Å². The van der Waals surface area contributed by atoms with E-state index >= 15 is 0 Å². The summed E-state index contributed by atoms with van der Waals surface area (Å²) < 4.78 is 11.6. The molecule has 0 spiro atoms. The Labute approximate surface area is 133 Å². The second-order valence-corrected chi connectivity index (χ2v) is 5.07. The molecule has 0 N–H and O–H groups in total. The maximum absolute atomic E-state index is 12.4. The zero-order valence-corrected chi connectivity index (χ0v) is 13.7. The van der Waals surface area contributed by atoms with Crippen molar-refractivity contribution in [2.45, 2.75) is 45.7 Å². The molecule has 23 heavy (non-hydrogen) atoms. The maximum atomic E-state index is 12.4. The second kappa shape index (κ2) is 8.92. The fourth-order valence-electron chi connectivity index (χ4n) is 2.17. The number of ether oxygens (including phenoxy) is 2. The van der Waals surface area contributed by atoms with Gasteiger partial charge in [-0.1, -0.05) is 0 Å². The quantitative estimate of drug-likeness (QED) is 0.634. The van der Waals surface area contributed by atoms with Gasteiger partial charge in [-0.2, -0.15) is 0 Å². The summed E-state index contributed by atoms with van der Waals surface area (Å²) >= 11 is 0. The molecule has 0 amide bonds. The van der Waals surface area contributed by atoms with Crippen molar-refractivity contribution in [2.24, 2.45) is 0 Å². The minimum Gasteiger partial charge on any atom is -0.469 e. The number of carbonyl (C=O) groups is 2. The van der Waals surface area contributed by atoms with Crippen LogP contribution in [0, 0.1) is 6.92 Å². The Morgan fingerprint density at radius 3 is 1.91 bits per heavy atom. The summed E-state index contributed by atoms with van der Waals surface area (Å²) in [6.45, 7) is 2.13. The van der Waals surface area contributed by atoms with E-state index < -0.39 is 11.2 Å². The van der Waals surface area contributed by atoms with E-state index in [1.54, 1.807) is 6.92 Å². The van der Waals surface area contributed by atoms with Crippen molar-refractivity contribution in [1.29, 1.82) is 0 Å². The molecule has 1 aromatic heterocycles. The number of carbonyl (C=O) groups excluding carboxylic acids is 2. The summed E-state index contributed by atoms with van der Waals surface area (Å²) in [4.78, 5) is 46.5. The third-order valence-electron chi connectivity index (χ3n) is 3.47. The van der Waals surface area contributed by atoms with E-state index in [1.165, 1.54) is 24.9 Å². The summed E-state index contributed by atoms with van der Waals surface area (Å²) in [7, 11) is 2.59. The maximum Gasteiger partial charge on any atom is 0.331 e. The number of esters is 2. The van der Waals surface area contributed by atoms with Gasteiger partial charge in [-0.15, -0.1) is 0 Å². The molecule has 0 atom stereocenters. The molecule has 0 saturated carbocycles. The van der Waals surface area contributed by atoms with Crippen molar-refractivity contribution < 1.29 is 19.1 Å². The largest absolute Gasteiger partial charge is 0.469 e. The molecule has 0 aliphatic heterocycles. The van der Waals surface area contributed by atoms with Gasteiger partial charge in [0.2, 0.25) is 0 Å². The Morgan fingerprint density at radius 1 is 0.957 bits per heavy atom. The van der Waals surface area contributed by atoms with Crippen LogP contribution < -0.4 is 11.2 Å². The molecule has 1 heterocycles. The summed E-state index contributed by atoms with van der Waals surface area (Å²) in [6.07, 6.45) is 1.11. The van der Waals surface area contributed by atoms with Gasteiger partial charge in [-0.3, -0.25) is 23.5 Å².